The summed E-state index contributed by atoms with van der Waals surface area (Å²) in [5.74, 6) is 2.18. The zero-order chi connectivity index (χ0) is 24.0. The monoisotopic (exact) mass is 449 g/mol. The van der Waals surface area contributed by atoms with Gasteiger partial charge in [0.05, 0.1) is 24.8 Å². The average Bonchev–Trinajstić information content (AvgIpc) is 2.86. The molecule has 1 aliphatic heterocycles. The first-order chi connectivity index (χ1) is 15.8. The number of hydrogen-bond donors (Lipinski definition) is 1. The lowest BCUT2D eigenvalue weighted by molar-refractivity contribution is 0.416. The molecular weight excluding hydrogens is 416 g/mol. The largest absolute Gasteiger partial charge is 0.659 e. The molecule has 9 heteroatoms. The highest BCUT2D eigenvalue weighted by Gasteiger charge is 2.18. The van der Waals surface area contributed by atoms with E-state index in [0.717, 1.165) is 37.3 Å². The Labute approximate surface area is 196 Å². The average molecular weight is 450 g/mol. The molecule has 0 unspecified atom stereocenters. The third-order valence-electron chi connectivity index (χ3n) is 6.08. The molecule has 2 heterocycles. The SMILES string of the molecule is COc1ccc(N(C)c2ncc(C#N)c(N(C)CC[C@H]3CCCC[N-]3)n2)cc1N(C)C(C)=N. The number of nitrogens with one attached hydrogen (secondary N) is 1. The van der Waals surface area contributed by atoms with Crippen molar-refractivity contribution >= 4 is 29.0 Å². The molecule has 2 aromatic rings. The summed E-state index contributed by atoms with van der Waals surface area (Å²) in [6.45, 7) is 3.46. The van der Waals surface area contributed by atoms with E-state index in [4.69, 9.17) is 20.4 Å². The van der Waals surface area contributed by atoms with Gasteiger partial charge in [0.25, 0.3) is 0 Å². The molecule has 1 N–H and O–H groups in total. The van der Waals surface area contributed by atoms with Crippen molar-refractivity contribution in [3.63, 3.8) is 0 Å². The lowest BCUT2D eigenvalue weighted by Crippen LogP contribution is -2.27. The van der Waals surface area contributed by atoms with Gasteiger partial charge in [-0.15, -0.1) is 12.6 Å². The maximum Gasteiger partial charge on any atom is 0.231 e. The van der Waals surface area contributed by atoms with Crippen LogP contribution in [0.3, 0.4) is 0 Å². The molecule has 0 bridgehead atoms. The van der Waals surface area contributed by atoms with E-state index in [1.807, 2.05) is 49.1 Å². The summed E-state index contributed by atoms with van der Waals surface area (Å²) in [7, 11) is 7.29. The van der Waals surface area contributed by atoms with Crippen molar-refractivity contribution in [1.82, 2.24) is 9.97 Å². The van der Waals surface area contributed by atoms with Gasteiger partial charge in [0.1, 0.15) is 17.4 Å². The number of rotatable bonds is 8. The van der Waals surface area contributed by atoms with E-state index in [1.54, 1.807) is 25.1 Å². The molecular formula is C24H33N8O-. The Morgan fingerprint density at radius 2 is 2.09 bits per heavy atom. The van der Waals surface area contributed by atoms with Crippen molar-refractivity contribution in [2.75, 3.05) is 56.0 Å². The standard InChI is InChI=1S/C24H33N8O/c1-17(26)31(3)21-14-20(9-10-22(21)33-5)32(4)24-28-16-18(15-25)23(29-24)30(2)13-11-19-8-6-7-12-27-19/h9-10,14,16,19,26H,6-8,11-13H2,1-5H3/q-1/t19-/m1/s1. The maximum absolute atomic E-state index is 9.61. The van der Waals surface area contributed by atoms with Gasteiger partial charge in [-0.25, -0.2) is 4.98 Å². The molecule has 1 aromatic heterocycles. The Kier molecular flexibility index (Phi) is 8.06. The molecule has 0 spiro atoms. The number of ether oxygens (including phenoxy) is 1. The van der Waals surface area contributed by atoms with E-state index in [0.29, 0.717) is 35.0 Å². The second kappa shape index (κ2) is 11.0. The Morgan fingerprint density at radius 1 is 1.30 bits per heavy atom. The zero-order valence-corrected chi connectivity index (χ0v) is 20.2. The predicted molar refractivity (Wildman–Crippen MR) is 133 cm³/mol. The van der Waals surface area contributed by atoms with Crippen LogP contribution < -0.4 is 19.4 Å². The highest BCUT2D eigenvalue weighted by Crippen LogP contribution is 2.34. The fourth-order valence-electron chi connectivity index (χ4n) is 3.88. The molecule has 176 valence electrons. The normalized spacial score (nSPS) is 15.5. The number of piperidine rings is 1. The van der Waals surface area contributed by atoms with E-state index >= 15 is 0 Å². The van der Waals surface area contributed by atoms with E-state index in [1.165, 1.54) is 12.8 Å². The summed E-state index contributed by atoms with van der Waals surface area (Å²) in [6.07, 6.45) is 6.09. The number of amidine groups is 1. The molecule has 3 rings (SSSR count). The fraction of sp³-hybridized carbons (Fsp3) is 0.500. The van der Waals surface area contributed by atoms with Gasteiger partial charge in [-0.1, -0.05) is 25.7 Å². The third-order valence-corrected chi connectivity index (χ3v) is 6.08. The van der Waals surface area contributed by atoms with Crippen molar-refractivity contribution in [3.8, 4) is 11.8 Å². The highest BCUT2D eigenvalue weighted by atomic mass is 16.5. The van der Waals surface area contributed by atoms with Gasteiger partial charge in [0.2, 0.25) is 5.95 Å². The highest BCUT2D eigenvalue weighted by molar-refractivity contribution is 5.95. The van der Waals surface area contributed by atoms with Crippen molar-refractivity contribution < 1.29 is 4.74 Å². The maximum atomic E-state index is 9.61. The van der Waals surface area contributed by atoms with Crippen LogP contribution >= 0.6 is 0 Å². The molecule has 0 saturated carbocycles. The van der Waals surface area contributed by atoms with Gasteiger partial charge in [-0.05, 0) is 25.1 Å². The Morgan fingerprint density at radius 3 is 2.73 bits per heavy atom. The summed E-state index contributed by atoms with van der Waals surface area (Å²) >= 11 is 0. The number of nitriles is 1. The molecule has 0 aliphatic carbocycles. The molecule has 1 saturated heterocycles. The minimum atomic E-state index is 0.391. The first-order valence-corrected chi connectivity index (χ1v) is 11.2. The summed E-state index contributed by atoms with van der Waals surface area (Å²) in [4.78, 5) is 14.8. The summed E-state index contributed by atoms with van der Waals surface area (Å²) in [5, 5.41) is 22.3. The molecule has 0 amide bonds. The van der Waals surface area contributed by atoms with Gasteiger partial charge in [-0.3, -0.25) is 5.41 Å². The van der Waals surface area contributed by atoms with Crippen LogP contribution in [0.15, 0.2) is 24.4 Å². The lowest BCUT2D eigenvalue weighted by atomic mass is 10.0. The number of aromatic nitrogens is 2. The van der Waals surface area contributed by atoms with Gasteiger partial charge in [0, 0.05) is 33.4 Å². The third kappa shape index (κ3) is 5.71. The molecule has 33 heavy (non-hydrogen) atoms. The summed E-state index contributed by atoms with van der Waals surface area (Å²) < 4.78 is 5.48. The molecule has 1 aromatic carbocycles. The predicted octanol–water partition coefficient (Wildman–Crippen LogP) is 4.31. The van der Waals surface area contributed by atoms with Crippen molar-refractivity contribution in [1.29, 1.82) is 10.7 Å². The minimum absolute atomic E-state index is 0.391. The van der Waals surface area contributed by atoms with Crippen molar-refractivity contribution in [2.24, 2.45) is 0 Å². The minimum Gasteiger partial charge on any atom is -0.659 e. The van der Waals surface area contributed by atoms with Crippen molar-refractivity contribution in [3.05, 3.63) is 35.3 Å². The molecule has 1 aliphatic rings. The van der Waals surface area contributed by atoms with E-state index in [2.05, 4.69) is 11.1 Å². The van der Waals surface area contributed by atoms with Crippen LogP contribution in [0.4, 0.5) is 23.1 Å². The van der Waals surface area contributed by atoms with E-state index in [-0.39, 0.29) is 0 Å². The Bertz CT molecular complexity index is 1010. The lowest BCUT2D eigenvalue weighted by Gasteiger charge is -2.37. The first kappa shape index (κ1) is 24.3. The summed E-state index contributed by atoms with van der Waals surface area (Å²) in [6, 6.07) is 8.33. The van der Waals surface area contributed by atoms with E-state index in [9.17, 15) is 5.26 Å². The number of benzene rings is 1. The molecule has 1 fully saturated rings. The number of hydrogen-bond acceptors (Lipinski definition) is 7. The molecule has 1 atom stereocenters. The second-order valence-electron chi connectivity index (χ2n) is 8.34. The number of methoxy groups -OCH3 is 1. The van der Waals surface area contributed by atoms with E-state index < -0.39 is 0 Å². The number of nitrogens with zero attached hydrogens (tertiary/aromatic N) is 7. The van der Waals surface area contributed by atoms with Gasteiger partial charge < -0.3 is 24.8 Å². The van der Waals surface area contributed by atoms with Crippen LogP contribution in [-0.4, -0.2) is 63.2 Å². The fourth-order valence-corrected chi connectivity index (χ4v) is 3.88. The van der Waals surface area contributed by atoms with Crippen LogP contribution in [-0.2, 0) is 0 Å². The Hall–Kier alpha value is -3.38. The van der Waals surface area contributed by atoms with Gasteiger partial charge in [-0.2, -0.15) is 10.2 Å². The van der Waals surface area contributed by atoms with Crippen LogP contribution in [0.25, 0.3) is 5.32 Å². The zero-order valence-electron chi connectivity index (χ0n) is 20.2. The molecule has 0 radical (unpaired) electrons. The van der Waals surface area contributed by atoms with Crippen LogP contribution in [0, 0.1) is 16.7 Å². The van der Waals surface area contributed by atoms with Crippen LogP contribution in [0.1, 0.15) is 38.2 Å². The van der Waals surface area contributed by atoms with Crippen molar-refractivity contribution in [2.45, 2.75) is 38.6 Å². The Balaban J connectivity index is 1.85. The second-order valence-corrected chi connectivity index (χ2v) is 8.34. The number of anilines is 4. The van der Waals surface area contributed by atoms with Gasteiger partial charge in [0.15, 0.2) is 5.82 Å². The topological polar surface area (TPSA) is 106 Å². The smallest absolute Gasteiger partial charge is 0.231 e. The van der Waals surface area contributed by atoms with Gasteiger partial charge >= 0.3 is 0 Å². The first-order valence-electron chi connectivity index (χ1n) is 11.2. The molecule has 9 nitrogen and oxygen atoms in total. The van der Waals surface area contributed by atoms with Crippen LogP contribution in [0.5, 0.6) is 5.75 Å². The van der Waals surface area contributed by atoms with Crippen LogP contribution in [0.2, 0.25) is 0 Å². The quantitative estimate of drug-likeness (QED) is 0.473. The summed E-state index contributed by atoms with van der Waals surface area (Å²) in [5.41, 5.74) is 2.07.